The molecule has 10 rings (SSSR count). The maximum Gasteiger partial charge on any atom is 0.225 e. The summed E-state index contributed by atoms with van der Waals surface area (Å²) in [6.45, 7) is 0. The highest BCUT2D eigenvalue weighted by Gasteiger charge is 2.37. The van der Waals surface area contributed by atoms with Crippen molar-refractivity contribution in [3.8, 4) is 68.3 Å². The molecule has 0 amide bonds. The van der Waals surface area contributed by atoms with E-state index in [1.807, 2.05) is 54.6 Å². The molecule has 0 bridgehead atoms. The van der Waals surface area contributed by atoms with Crippen molar-refractivity contribution in [2.24, 2.45) is 0 Å². The normalized spacial score (nSPS) is 11.9. The Labute approximate surface area is 309 Å². The van der Waals surface area contributed by atoms with Gasteiger partial charge in [-0.3, -0.25) is 0 Å². The summed E-state index contributed by atoms with van der Waals surface area (Å²) in [5, 5.41) is 7.46. The Balaban J connectivity index is 1.65. The van der Waals surface area contributed by atoms with Crippen LogP contribution in [0.4, 0.5) is 0 Å². The number of nitrogens with zero attached hydrogens (tertiary/aromatic N) is 3. The van der Waals surface area contributed by atoms with E-state index in [2.05, 4.69) is 36.4 Å². The van der Waals surface area contributed by atoms with Crippen molar-refractivity contribution >= 4 is 65.0 Å². The predicted molar refractivity (Wildman–Crippen MR) is 214 cm³/mol. The standard InChI is InChI=1S/C45H33N3O6/c1-49-40-25(22-16-10-7-11-17-22)37-31-28-32-30-33-29(31)35(44(46-37)53-5)42(51-3)27(24-20-14-9-15-21-24)39(33)48-45(54-6)36(30)41(50-2)26(23-18-12-8-13-19-23)38(32)47-43(52-4)34(28)40/h7-21H,1-6H3. The Bertz CT molecular complexity index is 2680. The quantitative estimate of drug-likeness (QED) is 0.107. The van der Waals surface area contributed by atoms with Gasteiger partial charge in [0.1, 0.15) is 17.2 Å². The molecule has 0 atom stereocenters. The molecular formula is C45H33N3O6. The van der Waals surface area contributed by atoms with Gasteiger partial charge in [0.05, 0.1) is 92.1 Å². The second-order valence-corrected chi connectivity index (χ2v) is 13.1. The zero-order valence-electron chi connectivity index (χ0n) is 30.5. The first-order valence-electron chi connectivity index (χ1n) is 17.5. The van der Waals surface area contributed by atoms with Crippen LogP contribution in [0.15, 0.2) is 91.0 Å². The van der Waals surface area contributed by atoms with E-state index in [1.165, 1.54) is 0 Å². The minimum Gasteiger partial charge on any atom is -0.495 e. The van der Waals surface area contributed by atoms with Crippen LogP contribution in [0.5, 0.6) is 34.9 Å². The highest BCUT2D eigenvalue weighted by atomic mass is 16.5. The molecule has 7 aromatic carbocycles. The topological polar surface area (TPSA) is 94.1 Å². The van der Waals surface area contributed by atoms with Crippen LogP contribution in [0.25, 0.3) is 98.4 Å². The Morgan fingerprint density at radius 3 is 0.778 bits per heavy atom. The van der Waals surface area contributed by atoms with Gasteiger partial charge in [0.25, 0.3) is 0 Å². The third-order valence-corrected chi connectivity index (χ3v) is 10.7. The van der Waals surface area contributed by atoms with Crippen LogP contribution in [-0.4, -0.2) is 57.6 Å². The van der Waals surface area contributed by atoms with E-state index in [4.69, 9.17) is 43.4 Å². The van der Waals surface area contributed by atoms with Gasteiger partial charge in [0.15, 0.2) is 0 Å². The third-order valence-electron chi connectivity index (χ3n) is 10.7. The summed E-state index contributed by atoms with van der Waals surface area (Å²) in [4.78, 5) is 16.1. The van der Waals surface area contributed by atoms with E-state index in [0.717, 1.165) is 81.9 Å². The molecule has 9 heteroatoms. The smallest absolute Gasteiger partial charge is 0.225 e. The summed E-state index contributed by atoms with van der Waals surface area (Å²) in [5.74, 6) is 2.98. The van der Waals surface area contributed by atoms with Gasteiger partial charge in [-0.15, -0.1) is 0 Å². The molecule has 0 aliphatic carbocycles. The number of benzene rings is 7. The molecule has 0 saturated heterocycles. The van der Waals surface area contributed by atoms with Crippen molar-refractivity contribution in [2.45, 2.75) is 0 Å². The van der Waals surface area contributed by atoms with Crippen LogP contribution in [0.3, 0.4) is 0 Å². The molecule has 10 aromatic rings. The van der Waals surface area contributed by atoms with Crippen LogP contribution >= 0.6 is 0 Å². The number of hydrogen-bond donors (Lipinski definition) is 0. The van der Waals surface area contributed by atoms with E-state index < -0.39 is 0 Å². The molecule has 0 aliphatic rings. The van der Waals surface area contributed by atoms with Crippen LogP contribution < -0.4 is 28.4 Å². The minimum absolute atomic E-state index is 0.407. The Hall–Kier alpha value is -6.87. The van der Waals surface area contributed by atoms with E-state index in [9.17, 15) is 0 Å². The van der Waals surface area contributed by atoms with E-state index in [-0.39, 0.29) is 0 Å². The maximum absolute atomic E-state index is 6.41. The highest BCUT2D eigenvalue weighted by Crippen LogP contribution is 2.61. The van der Waals surface area contributed by atoms with Gasteiger partial charge in [-0.25, -0.2) is 15.0 Å². The van der Waals surface area contributed by atoms with Gasteiger partial charge >= 0.3 is 0 Å². The van der Waals surface area contributed by atoms with Crippen LogP contribution in [0.1, 0.15) is 0 Å². The number of pyridine rings is 3. The lowest BCUT2D eigenvalue weighted by atomic mass is 9.81. The molecule has 0 aliphatic heterocycles. The summed E-state index contributed by atoms with van der Waals surface area (Å²) >= 11 is 0. The molecule has 3 heterocycles. The molecular weight excluding hydrogens is 679 g/mol. The van der Waals surface area contributed by atoms with Crippen molar-refractivity contribution in [2.75, 3.05) is 42.7 Å². The van der Waals surface area contributed by atoms with Crippen LogP contribution in [0, 0.1) is 0 Å². The van der Waals surface area contributed by atoms with Crippen LogP contribution in [0.2, 0.25) is 0 Å². The first kappa shape index (κ1) is 31.8. The number of methoxy groups -OCH3 is 6. The first-order valence-corrected chi connectivity index (χ1v) is 17.5. The van der Waals surface area contributed by atoms with Gasteiger partial charge in [-0.1, -0.05) is 91.0 Å². The lowest BCUT2D eigenvalue weighted by molar-refractivity contribution is 0.394. The molecule has 0 spiro atoms. The number of rotatable bonds is 9. The van der Waals surface area contributed by atoms with Gasteiger partial charge < -0.3 is 28.4 Å². The van der Waals surface area contributed by atoms with Gasteiger partial charge in [0, 0.05) is 32.3 Å². The van der Waals surface area contributed by atoms with Crippen molar-refractivity contribution < 1.29 is 28.4 Å². The average Bonchev–Trinajstić information content (AvgIpc) is 3.23. The summed E-state index contributed by atoms with van der Waals surface area (Å²) in [5.41, 5.74) is 7.22. The highest BCUT2D eigenvalue weighted by molar-refractivity contribution is 6.49. The SMILES string of the molecule is COc1nc2c(-c3ccccc3)c(OC)c3c(OC)nc4c(-c5ccccc5)c(OC)c5c(OC)nc6c(-c7ccccc7)c(OC)c1c1c6c5c4c3c21. The van der Waals surface area contributed by atoms with E-state index >= 15 is 0 Å². The Kier molecular flexibility index (Phi) is 6.97. The monoisotopic (exact) mass is 711 g/mol. The van der Waals surface area contributed by atoms with Crippen molar-refractivity contribution in [3.63, 3.8) is 0 Å². The molecule has 264 valence electrons. The largest absolute Gasteiger partial charge is 0.495 e. The molecule has 3 aromatic heterocycles. The van der Waals surface area contributed by atoms with Gasteiger partial charge in [0.2, 0.25) is 17.6 Å². The molecule has 0 N–H and O–H groups in total. The molecule has 54 heavy (non-hydrogen) atoms. The summed E-state index contributed by atoms with van der Waals surface area (Å²) in [6.07, 6.45) is 0. The second kappa shape index (κ2) is 11.8. The zero-order chi connectivity index (χ0) is 36.8. The number of hydrogen-bond acceptors (Lipinski definition) is 9. The third kappa shape index (κ3) is 3.95. The average molecular weight is 712 g/mol. The van der Waals surface area contributed by atoms with Crippen molar-refractivity contribution in [3.05, 3.63) is 91.0 Å². The fourth-order valence-corrected chi connectivity index (χ4v) is 8.72. The zero-order valence-corrected chi connectivity index (χ0v) is 30.5. The van der Waals surface area contributed by atoms with Gasteiger partial charge in [-0.2, -0.15) is 0 Å². The van der Waals surface area contributed by atoms with Crippen molar-refractivity contribution in [1.82, 2.24) is 15.0 Å². The Morgan fingerprint density at radius 2 is 0.556 bits per heavy atom. The van der Waals surface area contributed by atoms with E-state index in [0.29, 0.717) is 51.4 Å². The maximum atomic E-state index is 6.41. The Morgan fingerprint density at radius 1 is 0.296 bits per heavy atom. The molecule has 0 radical (unpaired) electrons. The molecule has 0 fully saturated rings. The first-order chi connectivity index (χ1) is 26.6. The van der Waals surface area contributed by atoms with Crippen molar-refractivity contribution in [1.29, 1.82) is 0 Å². The predicted octanol–water partition coefficient (Wildman–Crippen LogP) is 10.2. The fraction of sp³-hybridized carbons (Fsp3) is 0.133. The lowest BCUT2D eigenvalue weighted by Crippen LogP contribution is -2.07. The molecule has 0 unspecified atom stereocenters. The molecule has 9 nitrogen and oxygen atoms in total. The van der Waals surface area contributed by atoms with Gasteiger partial charge in [-0.05, 0) is 16.7 Å². The summed E-state index contributed by atoms with van der Waals surface area (Å²) < 4.78 is 37.9. The second-order valence-electron chi connectivity index (χ2n) is 13.1. The van der Waals surface area contributed by atoms with Crippen LogP contribution in [-0.2, 0) is 0 Å². The van der Waals surface area contributed by atoms with E-state index in [1.54, 1.807) is 42.7 Å². The number of ether oxygens (including phenoxy) is 6. The summed E-state index contributed by atoms with van der Waals surface area (Å²) in [7, 11) is 9.95. The minimum atomic E-state index is 0.407. The fourth-order valence-electron chi connectivity index (χ4n) is 8.72. The summed E-state index contributed by atoms with van der Waals surface area (Å²) in [6, 6.07) is 30.3. The molecule has 0 saturated carbocycles. The number of aromatic nitrogens is 3. The lowest BCUT2D eigenvalue weighted by Gasteiger charge is -2.28.